The predicted molar refractivity (Wildman–Crippen MR) is 85.2 cm³/mol. The normalized spacial score (nSPS) is 14.9. The molecule has 3 nitrogen and oxygen atoms in total. The summed E-state index contributed by atoms with van der Waals surface area (Å²) in [7, 11) is -3.50. The fraction of sp³-hybridized carbons (Fsp3) is 0.294. The van der Waals surface area contributed by atoms with Crippen molar-refractivity contribution in [3.05, 3.63) is 59.2 Å². The van der Waals surface area contributed by atoms with E-state index in [1.165, 1.54) is 0 Å². The largest absolute Gasteiger partial charge is 0.266 e. The summed E-state index contributed by atoms with van der Waals surface area (Å²) < 4.78 is 27.7. The second-order valence-electron chi connectivity index (χ2n) is 5.53. The first-order chi connectivity index (χ1) is 10.0. The van der Waals surface area contributed by atoms with Gasteiger partial charge in [0.1, 0.15) is 0 Å². The molecule has 0 unspecified atom stereocenters. The first kappa shape index (κ1) is 14.1. The maximum Gasteiger partial charge on any atom is 0.264 e. The highest BCUT2D eigenvalue weighted by Gasteiger charge is 2.30. The van der Waals surface area contributed by atoms with Crippen molar-refractivity contribution in [1.82, 2.24) is 0 Å². The molecule has 0 bridgehead atoms. The lowest BCUT2D eigenvalue weighted by Gasteiger charge is -2.32. The summed E-state index contributed by atoms with van der Waals surface area (Å²) >= 11 is 0. The van der Waals surface area contributed by atoms with E-state index in [1.54, 1.807) is 16.4 Å². The van der Waals surface area contributed by atoms with Crippen LogP contribution in [0.4, 0.5) is 5.69 Å². The van der Waals surface area contributed by atoms with Gasteiger partial charge in [-0.2, -0.15) is 0 Å². The zero-order valence-corrected chi connectivity index (χ0v) is 13.2. The van der Waals surface area contributed by atoms with Crippen LogP contribution in [0.3, 0.4) is 0 Å². The van der Waals surface area contributed by atoms with Crippen molar-refractivity contribution in [1.29, 1.82) is 0 Å². The molecule has 2 aromatic carbocycles. The fourth-order valence-corrected chi connectivity index (χ4v) is 4.84. The van der Waals surface area contributed by atoms with Gasteiger partial charge in [-0.25, -0.2) is 8.42 Å². The summed E-state index contributed by atoms with van der Waals surface area (Å²) in [6.07, 6.45) is 1.80. The Morgan fingerprint density at radius 3 is 2.43 bits per heavy atom. The molecule has 21 heavy (non-hydrogen) atoms. The van der Waals surface area contributed by atoms with Crippen molar-refractivity contribution in [2.75, 3.05) is 10.8 Å². The lowest BCUT2D eigenvalue weighted by Crippen LogP contribution is -2.36. The van der Waals surface area contributed by atoms with E-state index < -0.39 is 10.0 Å². The number of nitrogens with zero attached hydrogens (tertiary/aromatic N) is 1. The van der Waals surface area contributed by atoms with Crippen LogP contribution in [0, 0.1) is 13.8 Å². The number of fused-ring (bicyclic) bond motifs is 1. The van der Waals surface area contributed by atoms with Gasteiger partial charge >= 0.3 is 0 Å². The Morgan fingerprint density at radius 1 is 0.952 bits per heavy atom. The van der Waals surface area contributed by atoms with Crippen LogP contribution in [0.1, 0.15) is 23.1 Å². The highest BCUT2D eigenvalue weighted by Crippen LogP contribution is 2.35. The number of rotatable bonds is 2. The van der Waals surface area contributed by atoms with Crippen molar-refractivity contribution in [2.45, 2.75) is 31.6 Å². The van der Waals surface area contributed by atoms with Gasteiger partial charge in [-0.1, -0.05) is 36.4 Å². The summed E-state index contributed by atoms with van der Waals surface area (Å²) in [4.78, 5) is 0.404. The number of hydrogen-bond donors (Lipinski definition) is 0. The number of para-hydroxylation sites is 1. The summed E-state index contributed by atoms with van der Waals surface area (Å²) in [6.45, 7) is 4.37. The minimum atomic E-state index is -3.50. The summed E-state index contributed by atoms with van der Waals surface area (Å²) in [6, 6.07) is 13.2. The topological polar surface area (TPSA) is 37.4 Å². The van der Waals surface area contributed by atoms with Crippen LogP contribution in [0.25, 0.3) is 0 Å². The van der Waals surface area contributed by atoms with Gasteiger partial charge in [-0.15, -0.1) is 0 Å². The quantitative estimate of drug-likeness (QED) is 0.852. The molecule has 0 amide bonds. The Hall–Kier alpha value is -1.81. The first-order valence-corrected chi connectivity index (χ1v) is 8.62. The number of benzene rings is 2. The lowest BCUT2D eigenvalue weighted by atomic mass is 10.0. The van der Waals surface area contributed by atoms with E-state index >= 15 is 0 Å². The van der Waals surface area contributed by atoms with Crippen LogP contribution < -0.4 is 4.31 Å². The van der Waals surface area contributed by atoms with Crippen molar-refractivity contribution < 1.29 is 8.42 Å². The molecule has 0 fully saturated rings. The molecular formula is C17H19NO2S. The third kappa shape index (κ3) is 2.33. The van der Waals surface area contributed by atoms with Crippen molar-refractivity contribution in [2.24, 2.45) is 0 Å². The van der Waals surface area contributed by atoms with Gasteiger partial charge in [0, 0.05) is 6.54 Å². The van der Waals surface area contributed by atoms with E-state index in [9.17, 15) is 8.42 Å². The smallest absolute Gasteiger partial charge is 0.264 e. The molecule has 1 aliphatic heterocycles. The molecule has 0 radical (unpaired) electrons. The SMILES string of the molecule is Cc1ccccc1S(=O)(=O)N1CCCc2cccc(C)c21. The second-order valence-corrected chi connectivity index (χ2v) is 7.36. The van der Waals surface area contributed by atoms with E-state index in [0.717, 1.165) is 35.2 Å². The lowest BCUT2D eigenvalue weighted by molar-refractivity contribution is 0.585. The number of aryl methyl sites for hydroxylation is 3. The highest BCUT2D eigenvalue weighted by atomic mass is 32.2. The van der Waals surface area contributed by atoms with Gasteiger partial charge in [0.15, 0.2) is 0 Å². The van der Waals surface area contributed by atoms with Crippen molar-refractivity contribution >= 4 is 15.7 Å². The molecule has 1 aliphatic rings. The monoisotopic (exact) mass is 301 g/mol. The van der Waals surface area contributed by atoms with E-state index in [4.69, 9.17) is 0 Å². The van der Waals surface area contributed by atoms with Crippen molar-refractivity contribution in [3.8, 4) is 0 Å². The minimum Gasteiger partial charge on any atom is -0.266 e. The van der Waals surface area contributed by atoms with Crippen LogP contribution in [-0.4, -0.2) is 15.0 Å². The molecule has 0 aromatic heterocycles. The predicted octanol–water partition coefficient (Wildman–Crippen LogP) is 3.44. The minimum absolute atomic E-state index is 0.404. The van der Waals surface area contributed by atoms with Crippen LogP contribution >= 0.6 is 0 Å². The maximum absolute atomic E-state index is 13.0. The van der Waals surface area contributed by atoms with Gasteiger partial charge in [0.25, 0.3) is 10.0 Å². The van der Waals surface area contributed by atoms with Crippen LogP contribution in [0.5, 0.6) is 0 Å². The van der Waals surface area contributed by atoms with E-state index in [-0.39, 0.29) is 0 Å². The number of hydrogen-bond acceptors (Lipinski definition) is 2. The Kier molecular flexibility index (Phi) is 3.49. The standard InChI is InChI=1S/C17H19NO2S/c1-13-7-3-4-11-16(13)21(19,20)18-12-6-10-15-9-5-8-14(2)17(15)18/h3-5,7-9,11H,6,10,12H2,1-2H3. The van der Waals surface area contributed by atoms with Gasteiger partial charge in [-0.3, -0.25) is 4.31 Å². The molecule has 3 rings (SSSR count). The molecular weight excluding hydrogens is 282 g/mol. The molecule has 4 heteroatoms. The van der Waals surface area contributed by atoms with E-state index in [2.05, 4.69) is 0 Å². The Morgan fingerprint density at radius 2 is 1.67 bits per heavy atom. The maximum atomic E-state index is 13.0. The fourth-order valence-electron chi connectivity index (χ4n) is 3.01. The summed E-state index contributed by atoms with van der Waals surface area (Å²) in [5.74, 6) is 0. The van der Waals surface area contributed by atoms with Crippen LogP contribution in [0.15, 0.2) is 47.4 Å². The van der Waals surface area contributed by atoms with Gasteiger partial charge in [0.05, 0.1) is 10.6 Å². The third-order valence-corrected chi connectivity index (χ3v) is 6.00. The number of sulfonamides is 1. The van der Waals surface area contributed by atoms with Gasteiger partial charge in [-0.05, 0) is 49.4 Å². The molecule has 110 valence electrons. The number of anilines is 1. The molecule has 0 saturated carbocycles. The first-order valence-electron chi connectivity index (χ1n) is 7.18. The Balaban J connectivity index is 2.17. The molecule has 0 saturated heterocycles. The third-order valence-electron chi connectivity index (χ3n) is 4.04. The Bertz CT molecular complexity index is 781. The van der Waals surface area contributed by atoms with E-state index in [1.807, 2.05) is 44.2 Å². The Labute approximate surface area is 126 Å². The molecule has 0 aliphatic carbocycles. The van der Waals surface area contributed by atoms with Gasteiger partial charge < -0.3 is 0 Å². The summed E-state index contributed by atoms with van der Waals surface area (Å²) in [5.41, 5.74) is 3.80. The molecule has 1 heterocycles. The molecule has 2 aromatic rings. The van der Waals surface area contributed by atoms with E-state index in [0.29, 0.717) is 11.4 Å². The zero-order chi connectivity index (χ0) is 15.0. The van der Waals surface area contributed by atoms with Crippen molar-refractivity contribution in [3.63, 3.8) is 0 Å². The average molecular weight is 301 g/mol. The van der Waals surface area contributed by atoms with Crippen LogP contribution in [-0.2, 0) is 16.4 Å². The van der Waals surface area contributed by atoms with Crippen LogP contribution in [0.2, 0.25) is 0 Å². The zero-order valence-electron chi connectivity index (χ0n) is 12.3. The highest BCUT2D eigenvalue weighted by molar-refractivity contribution is 7.92. The molecule has 0 atom stereocenters. The average Bonchev–Trinajstić information content (AvgIpc) is 2.47. The molecule has 0 spiro atoms. The summed E-state index contributed by atoms with van der Waals surface area (Å²) in [5, 5.41) is 0. The second kappa shape index (κ2) is 5.19. The molecule has 0 N–H and O–H groups in total. The van der Waals surface area contributed by atoms with Gasteiger partial charge in [0.2, 0.25) is 0 Å².